The van der Waals surface area contributed by atoms with Crippen molar-refractivity contribution in [2.75, 3.05) is 7.05 Å². The van der Waals surface area contributed by atoms with E-state index in [1.165, 1.54) is 15.6 Å². The van der Waals surface area contributed by atoms with Gasteiger partial charge in [0.05, 0.1) is 11.2 Å². The maximum atomic E-state index is 4.75. The van der Waals surface area contributed by atoms with E-state index < -0.39 is 0 Å². The predicted molar refractivity (Wildman–Crippen MR) is 67.5 cm³/mol. The van der Waals surface area contributed by atoms with Crippen molar-refractivity contribution in [3.63, 3.8) is 0 Å². The van der Waals surface area contributed by atoms with Gasteiger partial charge in [-0.25, -0.2) is 4.98 Å². The summed E-state index contributed by atoms with van der Waals surface area (Å²) in [6.45, 7) is 11.0. The van der Waals surface area contributed by atoms with Crippen LogP contribution in [0.15, 0.2) is 0 Å². The van der Waals surface area contributed by atoms with Gasteiger partial charge in [0.1, 0.15) is 5.01 Å². The third-order valence-electron chi connectivity index (χ3n) is 3.35. The fourth-order valence-corrected chi connectivity index (χ4v) is 2.92. The Balaban J connectivity index is 3.13. The molecule has 0 radical (unpaired) electrons. The van der Waals surface area contributed by atoms with E-state index in [0.717, 1.165) is 6.42 Å². The molecule has 0 aliphatic carbocycles. The molecule has 0 saturated heterocycles. The third kappa shape index (κ3) is 2.23. The number of aromatic nitrogens is 1. The zero-order valence-corrected chi connectivity index (χ0v) is 11.5. The predicted octanol–water partition coefficient (Wildman–Crippen LogP) is 3.10. The molecule has 1 atom stereocenters. The van der Waals surface area contributed by atoms with E-state index in [0.29, 0.717) is 5.92 Å². The van der Waals surface area contributed by atoms with Crippen molar-refractivity contribution in [1.82, 2.24) is 10.3 Å². The number of rotatable bonds is 4. The lowest BCUT2D eigenvalue weighted by Crippen LogP contribution is -2.41. The van der Waals surface area contributed by atoms with E-state index in [1.807, 2.05) is 18.4 Å². The van der Waals surface area contributed by atoms with Crippen LogP contribution in [0, 0.1) is 12.8 Å². The zero-order chi connectivity index (χ0) is 11.6. The van der Waals surface area contributed by atoms with Crippen LogP contribution in [0.1, 0.15) is 43.3 Å². The molecule has 0 aromatic carbocycles. The minimum Gasteiger partial charge on any atom is -0.308 e. The van der Waals surface area contributed by atoms with Gasteiger partial charge in [0.2, 0.25) is 0 Å². The van der Waals surface area contributed by atoms with Crippen LogP contribution in [0.4, 0.5) is 0 Å². The average molecular weight is 226 g/mol. The summed E-state index contributed by atoms with van der Waals surface area (Å²) in [6.07, 6.45) is 1.03. The lowest BCUT2D eigenvalue weighted by atomic mass is 9.89. The summed E-state index contributed by atoms with van der Waals surface area (Å²) in [5, 5.41) is 4.62. The van der Waals surface area contributed by atoms with Crippen molar-refractivity contribution >= 4 is 11.3 Å². The fourth-order valence-electron chi connectivity index (χ4n) is 1.62. The van der Waals surface area contributed by atoms with Gasteiger partial charge in [0, 0.05) is 4.88 Å². The molecule has 0 spiro atoms. The highest BCUT2D eigenvalue weighted by Crippen LogP contribution is 2.33. The molecule has 2 nitrogen and oxygen atoms in total. The molecule has 0 fully saturated rings. The Bertz CT molecular complexity index is 330. The Labute approximate surface area is 97.1 Å². The standard InChI is InChI=1S/C12H22N2S/c1-7-10-9(4)15-11(14-10)12(5,13-6)8(2)3/h8,13H,7H2,1-6H3. The van der Waals surface area contributed by atoms with Crippen molar-refractivity contribution in [3.05, 3.63) is 15.6 Å². The highest BCUT2D eigenvalue weighted by Gasteiger charge is 2.32. The molecule has 1 unspecified atom stereocenters. The summed E-state index contributed by atoms with van der Waals surface area (Å²) >= 11 is 1.83. The minimum atomic E-state index is 0.00282. The maximum Gasteiger partial charge on any atom is 0.113 e. The summed E-state index contributed by atoms with van der Waals surface area (Å²) in [7, 11) is 2.02. The minimum absolute atomic E-state index is 0.00282. The summed E-state index contributed by atoms with van der Waals surface area (Å²) < 4.78 is 0. The smallest absolute Gasteiger partial charge is 0.113 e. The van der Waals surface area contributed by atoms with Crippen LogP contribution in [0.3, 0.4) is 0 Å². The quantitative estimate of drug-likeness (QED) is 0.853. The third-order valence-corrected chi connectivity index (χ3v) is 4.60. The molecule has 0 bridgehead atoms. The second-order valence-corrected chi connectivity index (χ2v) is 5.69. The molecular formula is C12H22N2S. The van der Waals surface area contributed by atoms with Crippen molar-refractivity contribution in [1.29, 1.82) is 0 Å². The summed E-state index contributed by atoms with van der Waals surface area (Å²) in [6, 6.07) is 0. The van der Waals surface area contributed by atoms with Crippen LogP contribution in [0.2, 0.25) is 0 Å². The highest BCUT2D eigenvalue weighted by molar-refractivity contribution is 7.11. The summed E-state index contributed by atoms with van der Waals surface area (Å²) in [4.78, 5) is 6.10. The van der Waals surface area contributed by atoms with E-state index in [9.17, 15) is 0 Å². The van der Waals surface area contributed by atoms with Gasteiger partial charge in [0.15, 0.2) is 0 Å². The van der Waals surface area contributed by atoms with E-state index in [-0.39, 0.29) is 5.54 Å². The van der Waals surface area contributed by atoms with Crippen molar-refractivity contribution < 1.29 is 0 Å². The Kier molecular flexibility index (Phi) is 3.90. The Morgan fingerprint density at radius 2 is 2.07 bits per heavy atom. The normalized spacial score (nSPS) is 15.7. The van der Waals surface area contributed by atoms with Crippen molar-refractivity contribution in [3.8, 4) is 0 Å². The molecule has 1 rings (SSSR count). The molecule has 3 heteroatoms. The van der Waals surface area contributed by atoms with Gasteiger partial charge in [-0.15, -0.1) is 11.3 Å². The Morgan fingerprint density at radius 3 is 2.40 bits per heavy atom. The van der Waals surface area contributed by atoms with Crippen molar-refractivity contribution in [2.24, 2.45) is 5.92 Å². The molecule has 86 valence electrons. The number of hydrogen-bond donors (Lipinski definition) is 1. The first kappa shape index (κ1) is 12.7. The first-order chi connectivity index (χ1) is 6.95. The number of hydrogen-bond acceptors (Lipinski definition) is 3. The number of thiazole rings is 1. The van der Waals surface area contributed by atoms with Crippen LogP contribution < -0.4 is 5.32 Å². The molecule has 0 aliphatic heterocycles. The number of nitrogens with one attached hydrogen (secondary N) is 1. The SMILES string of the molecule is CCc1nc(C(C)(NC)C(C)C)sc1C. The van der Waals surface area contributed by atoms with Crippen LogP contribution in [0.25, 0.3) is 0 Å². The molecule has 0 aliphatic rings. The first-order valence-electron chi connectivity index (χ1n) is 5.61. The highest BCUT2D eigenvalue weighted by atomic mass is 32.1. The largest absolute Gasteiger partial charge is 0.308 e. The van der Waals surface area contributed by atoms with Gasteiger partial charge in [-0.05, 0) is 33.2 Å². The van der Waals surface area contributed by atoms with Crippen molar-refractivity contribution in [2.45, 2.75) is 46.6 Å². The Hall–Kier alpha value is -0.410. The van der Waals surface area contributed by atoms with E-state index in [2.05, 4.69) is 39.9 Å². The van der Waals surface area contributed by atoms with Crippen LogP contribution in [-0.2, 0) is 12.0 Å². The van der Waals surface area contributed by atoms with Gasteiger partial charge in [-0.3, -0.25) is 0 Å². The van der Waals surface area contributed by atoms with Gasteiger partial charge >= 0.3 is 0 Å². The van der Waals surface area contributed by atoms with Gasteiger partial charge < -0.3 is 5.32 Å². The summed E-state index contributed by atoms with van der Waals surface area (Å²) in [5.74, 6) is 0.540. The van der Waals surface area contributed by atoms with Crippen LogP contribution in [0.5, 0.6) is 0 Å². The Morgan fingerprint density at radius 1 is 1.47 bits per heavy atom. The van der Waals surface area contributed by atoms with Crippen LogP contribution in [-0.4, -0.2) is 12.0 Å². The van der Waals surface area contributed by atoms with E-state index in [4.69, 9.17) is 4.98 Å². The lowest BCUT2D eigenvalue weighted by Gasteiger charge is -2.31. The zero-order valence-electron chi connectivity index (χ0n) is 10.6. The number of aryl methyl sites for hydroxylation is 2. The topological polar surface area (TPSA) is 24.9 Å². The molecule has 0 amide bonds. The molecule has 1 N–H and O–H groups in total. The second kappa shape index (κ2) is 4.62. The molecule has 15 heavy (non-hydrogen) atoms. The number of nitrogens with zero attached hydrogens (tertiary/aromatic N) is 1. The fraction of sp³-hybridized carbons (Fsp3) is 0.750. The maximum absolute atomic E-state index is 4.75. The van der Waals surface area contributed by atoms with Crippen LogP contribution >= 0.6 is 11.3 Å². The van der Waals surface area contributed by atoms with Gasteiger partial charge in [-0.2, -0.15) is 0 Å². The molecule has 1 aromatic rings. The molecule has 1 aromatic heterocycles. The van der Waals surface area contributed by atoms with E-state index in [1.54, 1.807) is 0 Å². The first-order valence-corrected chi connectivity index (χ1v) is 6.43. The average Bonchev–Trinajstić information content (AvgIpc) is 2.58. The van der Waals surface area contributed by atoms with Gasteiger partial charge in [0.25, 0.3) is 0 Å². The monoisotopic (exact) mass is 226 g/mol. The van der Waals surface area contributed by atoms with Gasteiger partial charge in [-0.1, -0.05) is 20.8 Å². The molecule has 0 saturated carbocycles. The van der Waals surface area contributed by atoms with E-state index >= 15 is 0 Å². The lowest BCUT2D eigenvalue weighted by molar-refractivity contribution is 0.285. The molecular weight excluding hydrogens is 204 g/mol. The molecule has 1 heterocycles. The summed E-state index contributed by atoms with van der Waals surface area (Å²) in [5.41, 5.74) is 1.25. The second-order valence-electron chi connectivity index (χ2n) is 4.48.